The highest BCUT2D eigenvalue weighted by molar-refractivity contribution is 5.85. The van der Waals surface area contributed by atoms with Crippen LogP contribution in [0.3, 0.4) is 0 Å². The van der Waals surface area contributed by atoms with Crippen molar-refractivity contribution in [1.29, 1.82) is 0 Å². The number of hydrogen-bond acceptors (Lipinski definition) is 4. The summed E-state index contributed by atoms with van der Waals surface area (Å²) in [5.74, 6) is 0.796. The van der Waals surface area contributed by atoms with Crippen molar-refractivity contribution in [3.63, 3.8) is 0 Å². The van der Waals surface area contributed by atoms with Crippen LogP contribution in [0.15, 0.2) is 36.7 Å². The maximum Gasteiger partial charge on any atom is 0.128 e. The second-order valence-electron chi connectivity index (χ2n) is 3.30. The third-order valence-electron chi connectivity index (χ3n) is 2.32. The first-order chi connectivity index (χ1) is 7.85. The average molecular weight is 252 g/mol. The fourth-order valence-electron chi connectivity index (χ4n) is 1.51. The Labute approximate surface area is 106 Å². The molecule has 0 aliphatic heterocycles. The molecule has 0 aliphatic rings. The van der Waals surface area contributed by atoms with E-state index in [-0.39, 0.29) is 12.4 Å². The summed E-state index contributed by atoms with van der Waals surface area (Å²) in [6.07, 6.45) is 1.52. The molecule has 17 heavy (non-hydrogen) atoms. The predicted octanol–water partition coefficient (Wildman–Crippen LogP) is 2.03. The lowest BCUT2D eigenvalue weighted by molar-refractivity contribution is 0.416. The molecule has 0 bridgehead atoms. The van der Waals surface area contributed by atoms with Crippen LogP contribution in [0.5, 0.6) is 5.75 Å². The number of methoxy groups -OCH3 is 1. The van der Waals surface area contributed by atoms with E-state index in [1.165, 1.54) is 6.33 Å². The molecule has 2 rings (SSSR count). The van der Waals surface area contributed by atoms with Gasteiger partial charge in [-0.15, -0.1) is 12.4 Å². The first-order valence-corrected chi connectivity index (χ1v) is 4.99. The van der Waals surface area contributed by atoms with Gasteiger partial charge in [0, 0.05) is 12.1 Å². The minimum atomic E-state index is 0. The molecule has 0 fully saturated rings. The van der Waals surface area contributed by atoms with Gasteiger partial charge in [-0.2, -0.15) is 0 Å². The largest absolute Gasteiger partial charge is 0.496 e. The number of rotatable bonds is 3. The summed E-state index contributed by atoms with van der Waals surface area (Å²) in [7, 11) is 1.64. The molecule has 4 nitrogen and oxygen atoms in total. The third kappa shape index (κ3) is 2.93. The van der Waals surface area contributed by atoms with Gasteiger partial charge in [0.25, 0.3) is 0 Å². The van der Waals surface area contributed by atoms with E-state index in [4.69, 9.17) is 10.5 Å². The Morgan fingerprint density at radius 1 is 1.24 bits per heavy atom. The summed E-state index contributed by atoms with van der Waals surface area (Å²) in [4.78, 5) is 8.28. The molecular weight excluding hydrogens is 238 g/mol. The van der Waals surface area contributed by atoms with Crippen LogP contribution >= 0.6 is 12.4 Å². The molecule has 0 spiro atoms. The highest BCUT2D eigenvalue weighted by Crippen LogP contribution is 2.27. The van der Waals surface area contributed by atoms with Gasteiger partial charge in [-0.05, 0) is 18.2 Å². The fourth-order valence-corrected chi connectivity index (χ4v) is 1.51. The number of hydrogen-bond donors (Lipinski definition) is 1. The van der Waals surface area contributed by atoms with Crippen molar-refractivity contribution in [2.45, 2.75) is 6.54 Å². The number of nitrogens with two attached hydrogens (primary N) is 1. The van der Waals surface area contributed by atoms with Crippen molar-refractivity contribution < 1.29 is 4.74 Å². The molecule has 5 heteroatoms. The molecule has 1 aromatic carbocycles. The van der Waals surface area contributed by atoms with Crippen LogP contribution in [0.25, 0.3) is 11.3 Å². The molecule has 0 unspecified atom stereocenters. The zero-order valence-electron chi connectivity index (χ0n) is 9.46. The molecule has 90 valence electrons. The average Bonchev–Trinajstić information content (AvgIpc) is 2.38. The highest BCUT2D eigenvalue weighted by atomic mass is 35.5. The van der Waals surface area contributed by atoms with Crippen LogP contribution in [-0.4, -0.2) is 17.1 Å². The van der Waals surface area contributed by atoms with Crippen LogP contribution in [-0.2, 0) is 6.54 Å². The van der Waals surface area contributed by atoms with Gasteiger partial charge < -0.3 is 10.5 Å². The number of benzene rings is 1. The zero-order valence-corrected chi connectivity index (χ0v) is 10.3. The Kier molecular flexibility index (Phi) is 4.87. The van der Waals surface area contributed by atoms with Crippen LogP contribution < -0.4 is 10.5 Å². The standard InChI is InChI=1S/C12H13N3O.ClH/c1-16-12-5-3-2-4-10(12)11-6-9(7-13)14-8-15-11;/h2-6,8H,7,13H2,1H3;1H. The molecule has 0 saturated carbocycles. The monoisotopic (exact) mass is 251 g/mol. The molecule has 0 atom stereocenters. The summed E-state index contributed by atoms with van der Waals surface area (Å²) >= 11 is 0. The van der Waals surface area contributed by atoms with Crippen molar-refractivity contribution in [3.8, 4) is 17.0 Å². The second kappa shape index (κ2) is 6.18. The van der Waals surface area contributed by atoms with E-state index in [1.54, 1.807) is 7.11 Å². The SMILES string of the molecule is COc1ccccc1-c1cc(CN)ncn1.Cl. The third-order valence-corrected chi connectivity index (χ3v) is 2.32. The van der Waals surface area contributed by atoms with E-state index in [0.717, 1.165) is 22.7 Å². The van der Waals surface area contributed by atoms with Gasteiger partial charge >= 0.3 is 0 Å². The van der Waals surface area contributed by atoms with Crippen molar-refractivity contribution in [1.82, 2.24) is 9.97 Å². The van der Waals surface area contributed by atoms with Crippen molar-refractivity contribution in [2.75, 3.05) is 7.11 Å². The van der Waals surface area contributed by atoms with Gasteiger partial charge in [-0.25, -0.2) is 9.97 Å². The van der Waals surface area contributed by atoms with Crippen LogP contribution in [0, 0.1) is 0 Å². The Hall–Kier alpha value is -1.65. The van der Waals surface area contributed by atoms with E-state index >= 15 is 0 Å². The van der Waals surface area contributed by atoms with Crippen LogP contribution in [0.2, 0.25) is 0 Å². The van der Waals surface area contributed by atoms with E-state index in [9.17, 15) is 0 Å². The minimum absolute atomic E-state index is 0. The Morgan fingerprint density at radius 2 is 2.00 bits per heavy atom. The summed E-state index contributed by atoms with van der Waals surface area (Å²) < 4.78 is 5.28. The Bertz CT molecular complexity index is 491. The number of halogens is 1. The summed E-state index contributed by atoms with van der Waals surface area (Å²) in [5, 5.41) is 0. The van der Waals surface area contributed by atoms with E-state index < -0.39 is 0 Å². The summed E-state index contributed by atoms with van der Waals surface area (Å²) in [6, 6.07) is 9.61. The van der Waals surface area contributed by atoms with Gasteiger partial charge in [-0.3, -0.25) is 0 Å². The number of nitrogens with zero attached hydrogens (tertiary/aromatic N) is 2. The molecular formula is C12H14ClN3O. The lowest BCUT2D eigenvalue weighted by Gasteiger charge is -2.07. The molecule has 2 N–H and O–H groups in total. The maximum atomic E-state index is 5.55. The molecule has 0 radical (unpaired) electrons. The Balaban J connectivity index is 0.00000144. The molecule has 0 aliphatic carbocycles. The lowest BCUT2D eigenvalue weighted by Crippen LogP contribution is -2.00. The number of para-hydroxylation sites is 1. The summed E-state index contributed by atoms with van der Waals surface area (Å²) in [5.41, 5.74) is 8.13. The van der Waals surface area contributed by atoms with Crippen molar-refractivity contribution in [3.05, 3.63) is 42.4 Å². The van der Waals surface area contributed by atoms with Gasteiger partial charge in [0.1, 0.15) is 12.1 Å². The highest BCUT2D eigenvalue weighted by Gasteiger charge is 2.06. The number of aromatic nitrogens is 2. The fraction of sp³-hybridized carbons (Fsp3) is 0.167. The summed E-state index contributed by atoms with van der Waals surface area (Å²) in [6.45, 7) is 0.407. The van der Waals surface area contributed by atoms with E-state index in [1.807, 2.05) is 30.3 Å². The topological polar surface area (TPSA) is 61.0 Å². The molecule has 0 amide bonds. The van der Waals surface area contributed by atoms with Gasteiger partial charge in [-0.1, -0.05) is 12.1 Å². The zero-order chi connectivity index (χ0) is 11.4. The van der Waals surface area contributed by atoms with Gasteiger partial charge in [0.05, 0.1) is 18.5 Å². The Morgan fingerprint density at radius 3 is 2.71 bits per heavy atom. The van der Waals surface area contributed by atoms with Gasteiger partial charge in [0.2, 0.25) is 0 Å². The van der Waals surface area contributed by atoms with Gasteiger partial charge in [0.15, 0.2) is 0 Å². The lowest BCUT2D eigenvalue weighted by atomic mass is 10.1. The van der Waals surface area contributed by atoms with Crippen molar-refractivity contribution in [2.24, 2.45) is 5.73 Å². The molecule has 1 aromatic heterocycles. The first-order valence-electron chi connectivity index (χ1n) is 4.99. The second-order valence-corrected chi connectivity index (χ2v) is 3.30. The maximum absolute atomic E-state index is 5.55. The number of ether oxygens (including phenoxy) is 1. The normalized spacial score (nSPS) is 9.53. The van der Waals surface area contributed by atoms with E-state index in [2.05, 4.69) is 9.97 Å². The van der Waals surface area contributed by atoms with Crippen LogP contribution in [0.4, 0.5) is 0 Å². The quantitative estimate of drug-likeness (QED) is 0.907. The van der Waals surface area contributed by atoms with E-state index in [0.29, 0.717) is 6.54 Å². The first kappa shape index (κ1) is 13.4. The minimum Gasteiger partial charge on any atom is -0.496 e. The van der Waals surface area contributed by atoms with Crippen molar-refractivity contribution >= 4 is 12.4 Å². The van der Waals surface area contributed by atoms with Crippen LogP contribution in [0.1, 0.15) is 5.69 Å². The molecule has 1 heterocycles. The molecule has 2 aromatic rings. The predicted molar refractivity (Wildman–Crippen MR) is 69.2 cm³/mol. The smallest absolute Gasteiger partial charge is 0.128 e. The molecule has 0 saturated heterocycles.